The van der Waals surface area contributed by atoms with Crippen LogP contribution in [0.1, 0.15) is 66.7 Å². The molecule has 0 unspecified atom stereocenters. The van der Waals surface area contributed by atoms with E-state index in [1.807, 2.05) is 13.8 Å². The maximum absolute atomic E-state index is 12.6. The Morgan fingerprint density at radius 1 is 1.24 bits per heavy atom. The summed E-state index contributed by atoms with van der Waals surface area (Å²) >= 11 is 0. The number of nitrogens with one attached hydrogen (secondary N) is 2. The molecule has 25 heavy (non-hydrogen) atoms. The van der Waals surface area contributed by atoms with Crippen molar-refractivity contribution in [3.63, 3.8) is 0 Å². The van der Waals surface area contributed by atoms with Crippen LogP contribution in [0.25, 0.3) is 0 Å². The maximum Gasteiger partial charge on any atom is 0.226 e. The lowest BCUT2D eigenvalue weighted by atomic mass is 9.29. The predicted molar refractivity (Wildman–Crippen MR) is 96.9 cm³/mol. The highest BCUT2D eigenvalue weighted by Crippen LogP contribution is 2.79. The topological polar surface area (TPSA) is 67.4 Å². The van der Waals surface area contributed by atoms with Gasteiger partial charge in [-0.2, -0.15) is 0 Å². The summed E-state index contributed by atoms with van der Waals surface area (Å²) in [6.45, 7) is 12.0. The van der Waals surface area contributed by atoms with Crippen molar-refractivity contribution >= 4 is 11.8 Å². The van der Waals surface area contributed by atoms with Gasteiger partial charge >= 0.3 is 0 Å². The normalized spacial score (nSPS) is 37.6. The first-order chi connectivity index (χ1) is 11.6. The Hall–Kier alpha value is -1.10. The van der Waals surface area contributed by atoms with Crippen molar-refractivity contribution in [2.45, 2.75) is 78.9 Å². The predicted octanol–water partition coefficient (Wildman–Crippen LogP) is 2.64. The maximum atomic E-state index is 12.6. The Morgan fingerprint density at radius 3 is 2.44 bits per heavy atom. The van der Waals surface area contributed by atoms with Gasteiger partial charge < -0.3 is 15.4 Å². The van der Waals surface area contributed by atoms with Crippen LogP contribution < -0.4 is 10.6 Å². The molecule has 142 valence electrons. The zero-order valence-corrected chi connectivity index (χ0v) is 16.4. The van der Waals surface area contributed by atoms with Gasteiger partial charge in [0, 0.05) is 19.2 Å². The van der Waals surface area contributed by atoms with Crippen LogP contribution in [0.4, 0.5) is 0 Å². The molecule has 5 heteroatoms. The van der Waals surface area contributed by atoms with Crippen LogP contribution >= 0.6 is 0 Å². The lowest BCUT2D eigenvalue weighted by molar-refractivity contribution is -0.249. The molecule has 2 N–H and O–H groups in total. The van der Waals surface area contributed by atoms with Gasteiger partial charge in [0.25, 0.3) is 0 Å². The molecule has 1 saturated heterocycles. The van der Waals surface area contributed by atoms with Gasteiger partial charge in [-0.25, -0.2) is 0 Å². The van der Waals surface area contributed by atoms with Gasteiger partial charge in [0.05, 0.1) is 17.4 Å². The van der Waals surface area contributed by atoms with Crippen molar-refractivity contribution < 1.29 is 14.3 Å². The van der Waals surface area contributed by atoms with Gasteiger partial charge in [-0.1, -0.05) is 27.7 Å². The molecular formula is C20H34N2O3. The first kappa shape index (κ1) is 18.7. The van der Waals surface area contributed by atoms with Gasteiger partial charge in [-0.3, -0.25) is 9.59 Å². The van der Waals surface area contributed by atoms with E-state index in [1.165, 1.54) is 0 Å². The van der Waals surface area contributed by atoms with Crippen molar-refractivity contribution in [3.05, 3.63) is 0 Å². The average molecular weight is 351 g/mol. The first-order valence-electron chi connectivity index (χ1n) is 9.83. The second-order valence-corrected chi connectivity index (χ2v) is 9.67. The van der Waals surface area contributed by atoms with E-state index in [4.69, 9.17) is 4.74 Å². The third-order valence-electron chi connectivity index (χ3n) is 7.01. The average Bonchev–Trinajstić information content (AvgIpc) is 2.88. The summed E-state index contributed by atoms with van der Waals surface area (Å²) in [7, 11) is 0. The number of ether oxygens (including phenoxy) is 1. The molecule has 4 aliphatic rings. The number of hydrogen-bond acceptors (Lipinski definition) is 3. The van der Waals surface area contributed by atoms with E-state index >= 15 is 0 Å². The summed E-state index contributed by atoms with van der Waals surface area (Å²) in [6.07, 6.45) is 4.76. The Morgan fingerprint density at radius 2 is 1.88 bits per heavy atom. The van der Waals surface area contributed by atoms with Gasteiger partial charge in [-0.15, -0.1) is 0 Å². The zero-order chi connectivity index (χ0) is 18.5. The molecule has 1 heterocycles. The summed E-state index contributed by atoms with van der Waals surface area (Å²) in [6, 6.07) is -0.0431. The van der Waals surface area contributed by atoms with Crippen LogP contribution in [0.5, 0.6) is 0 Å². The number of rotatable bonds is 6. The second kappa shape index (κ2) is 6.26. The molecule has 0 aromatic carbocycles. The standard InChI is InChI=1S/C20H34N2O3/c1-6-15-14(7-8-25-15)16(23)21-9-13(2)22-17(24)19-10-20(11-19,12-19)18(3,4)5/h13-15H,6-12H2,1-5H3,(H,21,23)(H,22,24)/t13-,14+,15-,19?,20?/m0/s1. The molecule has 3 atom stereocenters. The van der Waals surface area contributed by atoms with Gasteiger partial charge in [-0.05, 0) is 49.9 Å². The van der Waals surface area contributed by atoms with Crippen molar-refractivity contribution in [1.82, 2.24) is 10.6 Å². The van der Waals surface area contributed by atoms with Gasteiger partial charge in [0.2, 0.25) is 11.8 Å². The molecule has 0 aromatic heterocycles. The van der Waals surface area contributed by atoms with Crippen molar-refractivity contribution in [1.29, 1.82) is 0 Å². The highest BCUT2D eigenvalue weighted by atomic mass is 16.5. The molecule has 0 radical (unpaired) electrons. The SMILES string of the molecule is CC[C@@H]1OCC[C@H]1C(=O)NC[C@H](C)NC(=O)C12CC(C(C)(C)C)(C1)C2. The lowest BCUT2D eigenvalue weighted by Gasteiger charge is -2.74. The molecule has 2 amide bonds. The first-order valence-corrected chi connectivity index (χ1v) is 9.83. The summed E-state index contributed by atoms with van der Waals surface area (Å²) in [5.41, 5.74) is 0.533. The Kier molecular flexibility index (Phi) is 4.68. The molecule has 4 rings (SSSR count). The summed E-state index contributed by atoms with van der Waals surface area (Å²) in [4.78, 5) is 24.9. The minimum atomic E-state index is -0.127. The summed E-state index contributed by atoms with van der Waals surface area (Å²) < 4.78 is 5.59. The Labute approximate surface area is 151 Å². The highest BCUT2D eigenvalue weighted by molar-refractivity contribution is 5.87. The number of carbonyl (C=O) groups excluding carboxylic acids is 2. The molecule has 3 saturated carbocycles. The molecule has 1 aliphatic heterocycles. The summed E-state index contributed by atoms with van der Waals surface area (Å²) in [5, 5.41) is 6.11. The minimum absolute atomic E-state index is 0.0410. The van der Waals surface area contributed by atoms with Crippen LogP contribution in [0.2, 0.25) is 0 Å². The van der Waals surface area contributed by atoms with E-state index in [0.717, 1.165) is 32.1 Å². The van der Waals surface area contributed by atoms with E-state index in [0.29, 0.717) is 18.6 Å². The van der Waals surface area contributed by atoms with Crippen molar-refractivity contribution in [2.75, 3.05) is 13.2 Å². The quantitative estimate of drug-likeness (QED) is 0.774. The minimum Gasteiger partial charge on any atom is -0.377 e. The molecule has 3 aliphatic carbocycles. The zero-order valence-electron chi connectivity index (χ0n) is 16.4. The van der Waals surface area contributed by atoms with E-state index in [-0.39, 0.29) is 40.7 Å². The van der Waals surface area contributed by atoms with Crippen LogP contribution in [0.15, 0.2) is 0 Å². The van der Waals surface area contributed by atoms with Crippen LogP contribution in [0, 0.1) is 22.2 Å². The van der Waals surface area contributed by atoms with E-state index in [1.54, 1.807) is 0 Å². The third-order valence-corrected chi connectivity index (χ3v) is 7.01. The van der Waals surface area contributed by atoms with Crippen LogP contribution in [-0.4, -0.2) is 37.1 Å². The van der Waals surface area contributed by atoms with Crippen molar-refractivity contribution in [3.8, 4) is 0 Å². The second-order valence-electron chi connectivity index (χ2n) is 9.67. The van der Waals surface area contributed by atoms with Gasteiger partial charge in [0.15, 0.2) is 0 Å². The van der Waals surface area contributed by atoms with Crippen LogP contribution in [0.3, 0.4) is 0 Å². The number of carbonyl (C=O) groups is 2. The molecule has 0 aromatic rings. The third kappa shape index (κ3) is 3.09. The molecular weight excluding hydrogens is 316 g/mol. The molecule has 2 bridgehead atoms. The van der Waals surface area contributed by atoms with Crippen molar-refractivity contribution in [2.24, 2.45) is 22.2 Å². The Bertz CT molecular complexity index is 532. The van der Waals surface area contributed by atoms with Gasteiger partial charge in [0.1, 0.15) is 0 Å². The van der Waals surface area contributed by atoms with E-state index < -0.39 is 0 Å². The Balaban J connectivity index is 1.41. The number of amides is 2. The van der Waals surface area contributed by atoms with E-state index in [2.05, 4.69) is 31.4 Å². The molecule has 0 spiro atoms. The smallest absolute Gasteiger partial charge is 0.226 e. The van der Waals surface area contributed by atoms with Crippen LogP contribution in [-0.2, 0) is 14.3 Å². The highest BCUT2D eigenvalue weighted by Gasteiger charge is 2.74. The number of hydrogen-bond donors (Lipinski definition) is 2. The summed E-state index contributed by atoms with van der Waals surface area (Å²) in [5.74, 6) is 0.191. The lowest BCUT2D eigenvalue weighted by Crippen LogP contribution is -2.72. The van der Waals surface area contributed by atoms with E-state index in [9.17, 15) is 9.59 Å². The fourth-order valence-electron chi connectivity index (χ4n) is 4.99. The molecule has 5 nitrogen and oxygen atoms in total. The monoisotopic (exact) mass is 350 g/mol. The largest absolute Gasteiger partial charge is 0.377 e. The molecule has 4 fully saturated rings. The fraction of sp³-hybridized carbons (Fsp3) is 0.900. The fourth-order valence-corrected chi connectivity index (χ4v) is 4.99.